The number of rotatable bonds is 79. The standard InChI is InChI=1S/C86H163NO5/c1-3-5-7-9-11-13-15-17-19-21-22-23-24-38-41-44-47-50-54-58-62-66-70-74-78-84(89)83(82-88)87-85(90)79-75-71-67-63-59-55-51-48-45-42-39-36-34-32-30-28-26-25-27-29-31-33-35-37-40-43-46-49-53-57-61-65-69-73-77-81-92-86(91)80-76-72-68-64-60-56-52-20-18-16-14-12-10-8-6-4-2/h14,16,20,27,29,52,74,78,83-84,88-89H,3-13,15,17-19,21-26,28,30-51,53-73,75-77,79-82H2,1-2H3,(H,87,90)/b16-14-,29-27-,52-20-,78-74+. The minimum Gasteiger partial charge on any atom is -0.466 e. The number of carbonyl (C=O) groups excluding carboxylic acids is 2. The van der Waals surface area contributed by atoms with Crippen molar-refractivity contribution in [3.63, 3.8) is 0 Å². The Labute approximate surface area is 576 Å². The molecule has 0 heterocycles. The van der Waals surface area contributed by atoms with E-state index in [-0.39, 0.29) is 18.5 Å². The normalized spacial score (nSPS) is 12.7. The van der Waals surface area contributed by atoms with Gasteiger partial charge in [-0.05, 0) is 89.9 Å². The lowest BCUT2D eigenvalue weighted by Crippen LogP contribution is -2.45. The number of unbranched alkanes of at least 4 members (excludes halogenated alkanes) is 62. The van der Waals surface area contributed by atoms with Gasteiger partial charge >= 0.3 is 5.97 Å². The average molecular weight is 1290 g/mol. The predicted octanol–water partition coefficient (Wildman–Crippen LogP) is 27.9. The van der Waals surface area contributed by atoms with Gasteiger partial charge in [0, 0.05) is 12.8 Å². The number of esters is 1. The zero-order chi connectivity index (χ0) is 66.3. The molecule has 6 nitrogen and oxygen atoms in total. The fourth-order valence-electron chi connectivity index (χ4n) is 13.2. The third-order valence-electron chi connectivity index (χ3n) is 19.6. The van der Waals surface area contributed by atoms with E-state index in [0.717, 1.165) is 51.4 Å². The molecule has 0 aromatic heterocycles. The van der Waals surface area contributed by atoms with Crippen LogP contribution in [-0.2, 0) is 14.3 Å². The molecule has 0 saturated carbocycles. The molecule has 0 aromatic carbocycles. The molecule has 0 spiro atoms. The van der Waals surface area contributed by atoms with Crippen LogP contribution in [0.1, 0.15) is 463 Å². The van der Waals surface area contributed by atoms with E-state index < -0.39 is 12.1 Å². The van der Waals surface area contributed by atoms with Crippen molar-refractivity contribution in [3.8, 4) is 0 Å². The molecule has 0 aliphatic heterocycles. The zero-order valence-corrected chi connectivity index (χ0v) is 62.3. The van der Waals surface area contributed by atoms with Gasteiger partial charge in [-0.15, -0.1) is 0 Å². The Kier molecular flexibility index (Phi) is 79.3. The van der Waals surface area contributed by atoms with Crippen LogP contribution in [0.3, 0.4) is 0 Å². The quantitative estimate of drug-likeness (QED) is 0.0320. The van der Waals surface area contributed by atoms with E-state index in [1.54, 1.807) is 6.08 Å². The molecule has 0 aliphatic rings. The maximum Gasteiger partial charge on any atom is 0.305 e. The van der Waals surface area contributed by atoms with Crippen molar-refractivity contribution >= 4 is 11.9 Å². The molecule has 1 amide bonds. The first-order chi connectivity index (χ1) is 45.5. The van der Waals surface area contributed by atoms with Crippen molar-refractivity contribution in [1.29, 1.82) is 0 Å². The van der Waals surface area contributed by atoms with Gasteiger partial charge in [0.05, 0.1) is 25.4 Å². The summed E-state index contributed by atoms with van der Waals surface area (Å²) in [4.78, 5) is 24.7. The van der Waals surface area contributed by atoms with Crippen molar-refractivity contribution in [2.45, 2.75) is 475 Å². The minimum atomic E-state index is -0.844. The summed E-state index contributed by atoms with van der Waals surface area (Å²) in [6.45, 7) is 4.93. The second-order valence-electron chi connectivity index (χ2n) is 28.8. The van der Waals surface area contributed by atoms with Gasteiger partial charge < -0.3 is 20.3 Å². The van der Waals surface area contributed by atoms with E-state index in [1.165, 1.54) is 385 Å². The van der Waals surface area contributed by atoms with E-state index in [4.69, 9.17) is 4.74 Å². The van der Waals surface area contributed by atoms with Crippen LogP contribution >= 0.6 is 0 Å². The number of hydrogen-bond acceptors (Lipinski definition) is 5. The number of aliphatic hydroxyl groups excluding tert-OH is 2. The van der Waals surface area contributed by atoms with Gasteiger partial charge in [0.2, 0.25) is 5.91 Å². The summed E-state index contributed by atoms with van der Waals surface area (Å²) in [5, 5.41) is 23.3. The molecule has 0 bridgehead atoms. The fourth-order valence-corrected chi connectivity index (χ4v) is 13.2. The van der Waals surface area contributed by atoms with Crippen LogP contribution in [0.5, 0.6) is 0 Å². The largest absolute Gasteiger partial charge is 0.466 e. The Morgan fingerprint density at radius 1 is 0.304 bits per heavy atom. The lowest BCUT2D eigenvalue weighted by Gasteiger charge is -2.20. The van der Waals surface area contributed by atoms with Crippen molar-refractivity contribution < 1.29 is 24.5 Å². The summed E-state index contributed by atoms with van der Waals surface area (Å²) in [7, 11) is 0. The Hall–Kier alpha value is -2.18. The highest BCUT2D eigenvalue weighted by atomic mass is 16.5. The first-order valence-electron chi connectivity index (χ1n) is 41.9. The number of carbonyl (C=O) groups is 2. The maximum atomic E-state index is 12.6. The maximum absolute atomic E-state index is 12.6. The zero-order valence-electron chi connectivity index (χ0n) is 62.3. The van der Waals surface area contributed by atoms with Gasteiger partial charge in [0.25, 0.3) is 0 Å². The third-order valence-corrected chi connectivity index (χ3v) is 19.6. The van der Waals surface area contributed by atoms with Crippen molar-refractivity contribution in [2.24, 2.45) is 0 Å². The van der Waals surface area contributed by atoms with Gasteiger partial charge in [-0.25, -0.2) is 0 Å². The molecule has 92 heavy (non-hydrogen) atoms. The molecule has 542 valence electrons. The van der Waals surface area contributed by atoms with E-state index in [2.05, 4.69) is 55.6 Å². The number of aliphatic hydroxyl groups is 2. The van der Waals surface area contributed by atoms with Gasteiger partial charge in [0.15, 0.2) is 0 Å². The number of allylic oxidation sites excluding steroid dienone is 7. The van der Waals surface area contributed by atoms with Crippen molar-refractivity contribution in [2.75, 3.05) is 13.2 Å². The molecular weight excluding hydrogens is 1130 g/mol. The Bertz CT molecular complexity index is 1540. The minimum absolute atomic E-state index is 0.00706. The molecule has 2 atom stereocenters. The topological polar surface area (TPSA) is 95.9 Å². The van der Waals surface area contributed by atoms with Crippen LogP contribution in [0, 0.1) is 0 Å². The highest BCUT2D eigenvalue weighted by Crippen LogP contribution is 2.20. The molecule has 0 aromatic rings. The highest BCUT2D eigenvalue weighted by molar-refractivity contribution is 5.76. The average Bonchev–Trinajstić information content (AvgIpc) is 3.61. The van der Waals surface area contributed by atoms with E-state index in [1.807, 2.05) is 6.08 Å². The first kappa shape index (κ1) is 89.8. The molecule has 6 heteroatoms. The Balaban J connectivity index is 3.37. The van der Waals surface area contributed by atoms with Gasteiger partial charge in [-0.1, -0.05) is 409 Å². The van der Waals surface area contributed by atoms with E-state index >= 15 is 0 Å². The fraction of sp³-hybridized carbons (Fsp3) is 0.884. The predicted molar refractivity (Wildman–Crippen MR) is 407 cm³/mol. The third kappa shape index (κ3) is 76.8. The molecule has 0 aliphatic carbocycles. The molecular formula is C86H163NO5. The first-order valence-corrected chi connectivity index (χ1v) is 41.9. The van der Waals surface area contributed by atoms with Crippen LogP contribution in [0.25, 0.3) is 0 Å². The smallest absolute Gasteiger partial charge is 0.305 e. The summed E-state index contributed by atoms with van der Waals surface area (Å²) in [6, 6.07) is -0.627. The SMILES string of the molecule is CCCCCC/C=C\C/C=C\CCCCCCCC(=O)OCCCCCCCCCCCCCCCC/C=C\CCCCCCCCCCCCCCCCCCCC(=O)NC(CO)C(O)/C=C/CCCCCCCCCCCCCCCCCCCCCCCC. The second-order valence-corrected chi connectivity index (χ2v) is 28.8. The van der Waals surface area contributed by atoms with Crippen LogP contribution in [0.4, 0.5) is 0 Å². The highest BCUT2D eigenvalue weighted by Gasteiger charge is 2.18. The number of nitrogens with one attached hydrogen (secondary N) is 1. The Morgan fingerprint density at radius 3 is 0.848 bits per heavy atom. The van der Waals surface area contributed by atoms with E-state index in [0.29, 0.717) is 19.4 Å². The molecule has 2 unspecified atom stereocenters. The summed E-state index contributed by atoms with van der Waals surface area (Å²) in [5.41, 5.74) is 0. The summed E-state index contributed by atoms with van der Waals surface area (Å²) in [5.74, 6) is -0.0524. The molecule has 0 fully saturated rings. The van der Waals surface area contributed by atoms with Crippen LogP contribution in [0.15, 0.2) is 48.6 Å². The van der Waals surface area contributed by atoms with Gasteiger partial charge in [-0.3, -0.25) is 9.59 Å². The number of hydrogen-bond donors (Lipinski definition) is 3. The lowest BCUT2D eigenvalue weighted by molar-refractivity contribution is -0.143. The number of ether oxygens (including phenoxy) is 1. The summed E-state index contributed by atoms with van der Waals surface area (Å²) < 4.78 is 5.50. The lowest BCUT2D eigenvalue weighted by atomic mass is 10.0. The molecule has 0 saturated heterocycles. The second kappa shape index (κ2) is 81.2. The Morgan fingerprint density at radius 2 is 0.543 bits per heavy atom. The summed E-state index contributed by atoms with van der Waals surface area (Å²) >= 11 is 0. The van der Waals surface area contributed by atoms with Gasteiger partial charge in [0.1, 0.15) is 0 Å². The van der Waals surface area contributed by atoms with Crippen molar-refractivity contribution in [1.82, 2.24) is 5.32 Å². The van der Waals surface area contributed by atoms with Crippen LogP contribution < -0.4 is 5.32 Å². The molecule has 0 radical (unpaired) electrons. The van der Waals surface area contributed by atoms with Gasteiger partial charge in [-0.2, -0.15) is 0 Å². The van der Waals surface area contributed by atoms with E-state index in [9.17, 15) is 19.8 Å². The van der Waals surface area contributed by atoms with Crippen LogP contribution in [-0.4, -0.2) is 47.4 Å². The number of amides is 1. The molecule has 0 rings (SSSR count). The monoisotopic (exact) mass is 1290 g/mol. The molecule has 3 N–H and O–H groups in total. The summed E-state index contributed by atoms with van der Waals surface area (Å²) in [6.07, 6.45) is 108. The van der Waals surface area contributed by atoms with Crippen LogP contribution in [0.2, 0.25) is 0 Å². The van der Waals surface area contributed by atoms with Crippen molar-refractivity contribution in [3.05, 3.63) is 48.6 Å².